The van der Waals surface area contributed by atoms with E-state index in [0.717, 1.165) is 0 Å². The maximum absolute atomic E-state index is 4.96. The molecule has 14 heavy (non-hydrogen) atoms. The second-order valence-corrected chi connectivity index (χ2v) is 9.64. The molecule has 0 heterocycles. The zero-order valence-corrected chi connectivity index (χ0v) is 14.5. The predicted octanol–water partition coefficient (Wildman–Crippen LogP) is 4.89. The molecular weight excluding hydrogens is 382 g/mol. The van der Waals surface area contributed by atoms with Gasteiger partial charge in [-0.25, -0.2) is 0 Å². The number of halogens is 2. The quantitative estimate of drug-likeness (QED) is 0.510. The molecular formula is C11H17Cl2Hf. The van der Waals surface area contributed by atoms with Crippen molar-refractivity contribution < 1.29 is 20.5 Å². The molecule has 0 aromatic heterocycles. The fourth-order valence-electron chi connectivity index (χ4n) is 1.61. The molecule has 0 fully saturated rings. The molecule has 1 radical (unpaired) electrons. The van der Waals surface area contributed by atoms with Crippen molar-refractivity contribution in [2.75, 3.05) is 0 Å². The van der Waals surface area contributed by atoms with Gasteiger partial charge in [-0.15, -0.1) is 0 Å². The second kappa shape index (κ2) is 6.50. The SMILES string of the molecule is CC1=CC(C(C)(C)C)=C(C)[CH]1.[Cl][Hf][Cl]. The average molecular weight is 399 g/mol. The fraction of sp³-hybridized carbons (Fsp3) is 0.545. The van der Waals surface area contributed by atoms with Crippen LogP contribution in [0.1, 0.15) is 34.6 Å². The predicted molar refractivity (Wildman–Crippen MR) is 61.9 cm³/mol. The van der Waals surface area contributed by atoms with Gasteiger partial charge in [0.1, 0.15) is 0 Å². The summed E-state index contributed by atoms with van der Waals surface area (Å²) in [5.74, 6) is 0. The maximum atomic E-state index is 4.96. The van der Waals surface area contributed by atoms with Crippen LogP contribution in [0.3, 0.4) is 0 Å². The Morgan fingerprint density at radius 1 is 1.14 bits per heavy atom. The summed E-state index contributed by atoms with van der Waals surface area (Å²) >= 11 is -0.972. The Bertz CT molecular complexity index is 247. The second-order valence-electron chi connectivity index (χ2n) is 4.45. The Balaban J connectivity index is 0.000000500. The molecule has 0 nitrogen and oxygen atoms in total. The van der Waals surface area contributed by atoms with Crippen molar-refractivity contribution in [1.82, 2.24) is 0 Å². The molecule has 0 bridgehead atoms. The molecule has 0 saturated carbocycles. The molecule has 0 N–H and O–H groups in total. The molecule has 79 valence electrons. The van der Waals surface area contributed by atoms with Gasteiger partial charge in [0.2, 0.25) is 0 Å². The van der Waals surface area contributed by atoms with E-state index in [-0.39, 0.29) is 0 Å². The van der Waals surface area contributed by atoms with Crippen molar-refractivity contribution in [1.29, 1.82) is 0 Å². The summed E-state index contributed by atoms with van der Waals surface area (Å²) in [6.07, 6.45) is 4.54. The van der Waals surface area contributed by atoms with E-state index in [9.17, 15) is 0 Å². The van der Waals surface area contributed by atoms with Gasteiger partial charge < -0.3 is 0 Å². The van der Waals surface area contributed by atoms with Gasteiger partial charge >= 0.3 is 37.7 Å². The van der Waals surface area contributed by atoms with E-state index in [2.05, 4.69) is 47.1 Å². The monoisotopic (exact) mass is 399 g/mol. The van der Waals surface area contributed by atoms with Crippen LogP contribution in [-0.4, -0.2) is 0 Å². The standard InChI is InChI=1S/C11H17.2ClH.Hf/c1-8-6-9(2)10(7-8)11(3,4)5;;;/h6-7H,1-5H3;2*1H;/q;;;+2/p-2. The third-order valence-corrected chi connectivity index (χ3v) is 2.05. The Morgan fingerprint density at radius 2 is 1.57 bits per heavy atom. The zero-order valence-electron chi connectivity index (χ0n) is 9.41. The summed E-state index contributed by atoms with van der Waals surface area (Å²) in [6.45, 7) is 11.1. The van der Waals surface area contributed by atoms with Crippen molar-refractivity contribution in [3.63, 3.8) is 0 Å². The Morgan fingerprint density at radius 3 is 1.71 bits per heavy atom. The van der Waals surface area contributed by atoms with Gasteiger partial charge in [-0.05, 0) is 24.8 Å². The molecule has 0 aromatic carbocycles. The van der Waals surface area contributed by atoms with Crippen LogP contribution in [0.4, 0.5) is 0 Å². The third kappa shape index (κ3) is 5.14. The zero-order chi connectivity index (χ0) is 11.4. The summed E-state index contributed by atoms with van der Waals surface area (Å²) in [5, 5.41) is 0. The summed E-state index contributed by atoms with van der Waals surface area (Å²) in [7, 11) is 9.92. The van der Waals surface area contributed by atoms with Crippen molar-refractivity contribution in [3.05, 3.63) is 29.2 Å². The molecule has 0 amide bonds. The number of rotatable bonds is 0. The summed E-state index contributed by atoms with van der Waals surface area (Å²) in [4.78, 5) is 0. The van der Waals surface area contributed by atoms with Crippen molar-refractivity contribution >= 4 is 17.2 Å². The number of hydrogen-bond donors (Lipinski definition) is 0. The Hall–Kier alpha value is 0.930. The number of allylic oxidation sites excluding steroid dienone is 4. The van der Waals surface area contributed by atoms with Crippen LogP contribution in [0.25, 0.3) is 0 Å². The summed E-state index contributed by atoms with van der Waals surface area (Å²) in [6, 6.07) is 0. The fourth-order valence-corrected chi connectivity index (χ4v) is 1.61. The average Bonchev–Trinajstić information content (AvgIpc) is 2.30. The first-order valence-electron chi connectivity index (χ1n) is 4.53. The molecule has 0 unspecified atom stereocenters. The first-order chi connectivity index (χ1) is 6.32. The molecule has 1 aliphatic rings. The summed E-state index contributed by atoms with van der Waals surface area (Å²) in [5.41, 5.74) is 4.59. The number of hydrogen-bond acceptors (Lipinski definition) is 0. The third-order valence-electron chi connectivity index (χ3n) is 2.05. The van der Waals surface area contributed by atoms with Crippen LogP contribution in [0, 0.1) is 11.8 Å². The molecule has 0 spiro atoms. The van der Waals surface area contributed by atoms with E-state index >= 15 is 0 Å². The van der Waals surface area contributed by atoms with Gasteiger partial charge in [0.05, 0.1) is 0 Å². The van der Waals surface area contributed by atoms with Gasteiger partial charge in [0.15, 0.2) is 0 Å². The van der Waals surface area contributed by atoms with Gasteiger partial charge in [0, 0.05) is 6.42 Å². The van der Waals surface area contributed by atoms with E-state index in [1.807, 2.05) is 0 Å². The van der Waals surface area contributed by atoms with Crippen molar-refractivity contribution in [2.45, 2.75) is 34.6 Å². The van der Waals surface area contributed by atoms with Crippen molar-refractivity contribution in [2.24, 2.45) is 5.41 Å². The molecule has 3 heteroatoms. The summed E-state index contributed by atoms with van der Waals surface area (Å²) < 4.78 is 0. The van der Waals surface area contributed by atoms with Crippen LogP contribution < -0.4 is 0 Å². The first kappa shape index (κ1) is 14.9. The van der Waals surface area contributed by atoms with E-state index in [4.69, 9.17) is 17.2 Å². The molecule has 0 atom stereocenters. The van der Waals surface area contributed by atoms with E-state index < -0.39 is 20.5 Å². The van der Waals surface area contributed by atoms with Gasteiger partial charge in [0.25, 0.3) is 0 Å². The molecule has 0 saturated heterocycles. The van der Waals surface area contributed by atoms with Crippen LogP contribution >= 0.6 is 17.2 Å². The topological polar surface area (TPSA) is 0 Å². The van der Waals surface area contributed by atoms with E-state index in [0.29, 0.717) is 5.41 Å². The van der Waals surface area contributed by atoms with Crippen molar-refractivity contribution in [3.8, 4) is 0 Å². The van der Waals surface area contributed by atoms with Crippen LogP contribution in [0.2, 0.25) is 0 Å². The van der Waals surface area contributed by atoms with E-state index in [1.54, 1.807) is 0 Å². The van der Waals surface area contributed by atoms with Crippen LogP contribution in [0.5, 0.6) is 0 Å². The van der Waals surface area contributed by atoms with Crippen LogP contribution in [-0.2, 0) is 20.5 Å². The van der Waals surface area contributed by atoms with Gasteiger partial charge in [-0.2, -0.15) is 0 Å². The minimum atomic E-state index is -0.972. The normalized spacial score (nSPS) is 16.1. The molecule has 1 rings (SSSR count). The van der Waals surface area contributed by atoms with Gasteiger partial charge in [-0.3, -0.25) is 0 Å². The first-order valence-corrected chi connectivity index (χ1v) is 13.4. The Kier molecular flexibility index (Phi) is 6.93. The van der Waals surface area contributed by atoms with E-state index in [1.165, 1.54) is 16.7 Å². The molecule has 0 aliphatic heterocycles. The molecule has 1 aliphatic carbocycles. The van der Waals surface area contributed by atoms with Crippen LogP contribution in [0.15, 0.2) is 22.8 Å². The van der Waals surface area contributed by atoms with Gasteiger partial charge in [-0.1, -0.05) is 38.0 Å². The molecule has 0 aromatic rings. The Labute approximate surface area is 106 Å². The minimum absolute atomic E-state index is 0.304.